The van der Waals surface area contributed by atoms with Gasteiger partial charge in [-0.25, -0.2) is 0 Å². The van der Waals surface area contributed by atoms with Crippen molar-refractivity contribution in [3.63, 3.8) is 0 Å². The van der Waals surface area contributed by atoms with Crippen LogP contribution in [0.25, 0.3) is 6.08 Å². The second kappa shape index (κ2) is 7.59. The molecule has 1 N–H and O–H groups in total. The summed E-state index contributed by atoms with van der Waals surface area (Å²) in [5.74, 6) is 1.35. The van der Waals surface area contributed by atoms with Crippen molar-refractivity contribution < 1.29 is 19.1 Å². The molecule has 1 saturated heterocycles. The quantitative estimate of drug-likeness (QED) is 0.736. The van der Waals surface area contributed by atoms with E-state index in [1.807, 2.05) is 24.3 Å². The first kappa shape index (κ1) is 19.6. The summed E-state index contributed by atoms with van der Waals surface area (Å²) < 4.78 is 12.3. The molecule has 0 radical (unpaired) electrons. The number of hydrogen-bond acceptors (Lipinski definition) is 5. The van der Waals surface area contributed by atoms with Gasteiger partial charge in [-0.15, -0.1) is 0 Å². The number of amides is 2. The van der Waals surface area contributed by atoms with Crippen LogP contribution in [0.5, 0.6) is 11.5 Å². The third-order valence-corrected chi connectivity index (χ3v) is 6.01. The van der Waals surface area contributed by atoms with Gasteiger partial charge >= 0.3 is 0 Å². The molecule has 0 aliphatic carbocycles. The largest absolute Gasteiger partial charge is 0.489 e. The smallest absolute Gasteiger partial charge is 0.290 e. The zero-order valence-electron chi connectivity index (χ0n) is 16.7. The molecule has 2 heterocycles. The van der Waals surface area contributed by atoms with Crippen molar-refractivity contribution in [2.45, 2.75) is 39.2 Å². The van der Waals surface area contributed by atoms with E-state index in [1.54, 1.807) is 6.08 Å². The predicted molar refractivity (Wildman–Crippen MR) is 114 cm³/mol. The van der Waals surface area contributed by atoms with Crippen LogP contribution in [0.1, 0.15) is 35.6 Å². The molecule has 1 fully saturated rings. The Labute approximate surface area is 174 Å². The van der Waals surface area contributed by atoms with Gasteiger partial charge in [-0.3, -0.25) is 14.9 Å². The van der Waals surface area contributed by atoms with Gasteiger partial charge in [-0.2, -0.15) is 0 Å². The highest BCUT2D eigenvalue weighted by Crippen LogP contribution is 2.36. The zero-order chi connectivity index (χ0) is 20.6. The normalized spacial score (nSPS) is 22.2. The van der Waals surface area contributed by atoms with Gasteiger partial charge in [-0.1, -0.05) is 18.2 Å². The molecule has 2 aromatic carbocycles. The van der Waals surface area contributed by atoms with E-state index in [2.05, 4.69) is 38.2 Å². The van der Waals surface area contributed by atoms with Crippen LogP contribution in [0, 0.1) is 13.8 Å². The van der Waals surface area contributed by atoms with Crippen LogP contribution in [-0.2, 0) is 11.2 Å². The maximum atomic E-state index is 11.6. The number of carbonyl (C=O) groups excluding carboxylic acids is 2. The molecule has 1 atom stereocenters. The van der Waals surface area contributed by atoms with Gasteiger partial charge in [0.15, 0.2) is 0 Å². The molecule has 5 nitrogen and oxygen atoms in total. The third kappa shape index (κ3) is 4.32. The highest BCUT2D eigenvalue weighted by molar-refractivity contribution is 8.18. The van der Waals surface area contributed by atoms with Crippen LogP contribution in [0.15, 0.2) is 41.3 Å². The van der Waals surface area contributed by atoms with Crippen molar-refractivity contribution in [2.24, 2.45) is 0 Å². The summed E-state index contributed by atoms with van der Waals surface area (Å²) in [5.41, 5.74) is 4.23. The van der Waals surface area contributed by atoms with E-state index < -0.39 is 0 Å². The van der Waals surface area contributed by atoms with Gasteiger partial charge in [0.25, 0.3) is 11.1 Å². The highest BCUT2D eigenvalue weighted by atomic mass is 32.2. The number of hydrogen-bond donors (Lipinski definition) is 1. The molecule has 0 saturated carbocycles. The number of fused-ring (bicyclic) bond motifs is 1. The lowest BCUT2D eigenvalue weighted by atomic mass is 9.90. The third-order valence-electron chi connectivity index (χ3n) is 5.20. The van der Waals surface area contributed by atoms with Gasteiger partial charge in [0.1, 0.15) is 23.7 Å². The highest BCUT2D eigenvalue weighted by Gasteiger charge is 2.33. The van der Waals surface area contributed by atoms with Gasteiger partial charge in [-0.05, 0) is 91.9 Å². The topological polar surface area (TPSA) is 64.6 Å². The molecule has 2 aromatic rings. The number of benzene rings is 2. The minimum Gasteiger partial charge on any atom is -0.489 e. The van der Waals surface area contributed by atoms with Crippen molar-refractivity contribution in [3.05, 3.63) is 63.6 Å². The molecular weight excluding hydrogens is 386 g/mol. The molecule has 0 bridgehead atoms. The lowest BCUT2D eigenvalue weighted by Gasteiger charge is -2.36. The first-order valence-electron chi connectivity index (χ1n) is 9.58. The van der Waals surface area contributed by atoms with E-state index in [1.165, 1.54) is 16.7 Å². The average molecular weight is 410 g/mol. The Morgan fingerprint density at radius 1 is 1.21 bits per heavy atom. The SMILES string of the molecule is Cc1cc(C)c2c(c1)OC(C)(COc1ccc(C=C3SC(=O)NC3=O)cc1)CC2. The van der Waals surface area contributed by atoms with Gasteiger partial charge in [0.05, 0.1) is 4.91 Å². The lowest BCUT2D eigenvalue weighted by Crippen LogP contribution is -2.42. The second-order valence-electron chi connectivity index (χ2n) is 7.82. The van der Waals surface area contributed by atoms with E-state index in [0.717, 1.165) is 41.7 Å². The fourth-order valence-corrected chi connectivity index (χ4v) is 4.33. The van der Waals surface area contributed by atoms with Crippen molar-refractivity contribution in [1.29, 1.82) is 0 Å². The van der Waals surface area contributed by atoms with Crippen molar-refractivity contribution in [2.75, 3.05) is 6.61 Å². The predicted octanol–water partition coefficient (Wildman–Crippen LogP) is 4.79. The van der Waals surface area contributed by atoms with Crippen molar-refractivity contribution in [1.82, 2.24) is 5.32 Å². The monoisotopic (exact) mass is 409 g/mol. The number of ether oxygens (including phenoxy) is 2. The fourth-order valence-electron chi connectivity index (χ4n) is 3.65. The van der Waals surface area contributed by atoms with E-state index in [0.29, 0.717) is 11.5 Å². The lowest BCUT2D eigenvalue weighted by molar-refractivity contribution is -0.115. The van der Waals surface area contributed by atoms with E-state index in [9.17, 15) is 9.59 Å². The standard InChI is InChI=1S/C23H23NO4S/c1-14-10-15(2)18-8-9-23(3,28-19(18)11-14)13-27-17-6-4-16(5-7-17)12-20-21(25)24-22(26)29-20/h4-7,10-12H,8-9,13H2,1-3H3,(H,24,25,26). The minimum absolute atomic E-state index is 0.339. The summed E-state index contributed by atoms with van der Waals surface area (Å²) >= 11 is 0.911. The first-order valence-corrected chi connectivity index (χ1v) is 10.4. The molecule has 6 heteroatoms. The molecule has 2 aliphatic heterocycles. The molecule has 2 aliphatic rings. The number of carbonyl (C=O) groups is 2. The number of aryl methyl sites for hydroxylation is 2. The Balaban J connectivity index is 1.41. The summed E-state index contributed by atoms with van der Waals surface area (Å²) in [6, 6.07) is 11.8. The van der Waals surface area contributed by atoms with E-state index in [4.69, 9.17) is 9.47 Å². The number of imide groups is 1. The zero-order valence-corrected chi connectivity index (χ0v) is 17.5. The summed E-state index contributed by atoms with van der Waals surface area (Å²) in [4.78, 5) is 23.3. The van der Waals surface area contributed by atoms with Crippen LogP contribution in [0.2, 0.25) is 0 Å². The average Bonchev–Trinajstić information content (AvgIpc) is 2.97. The van der Waals surface area contributed by atoms with Gasteiger partial charge in [0.2, 0.25) is 0 Å². The van der Waals surface area contributed by atoms with Crippen LogP contribution < -0.4 is 14.8 Å². The number of rotatable bonds is 4. The molecule has 29 heavy (non-hydrogen) atoms. The fraction of sp³-hybridized carbons (Fsp3) is 0.304. The summed E-state index contributed by atoms with van der Waals surface area (Å²) in [7, 11) is 0. The molecule has 0 aromatic heterocycles. The Bertz CT molecular complexity index is 1010. The second-order valence-corrected chi connectivity index (χ2v) is 8.84. The summed E-state index contributed by atoms with van der Waals surface area (Å²) in [6.45, 7) is 6.75. The first-order chi connectivity index (χ1) is 13.8. The van der Waals surface area contributed by atoms with Gasteiger partial charge < -0.3 is 9.47 Å². The molecule has 2 amide bonds. The molecular formula is C23H23NO4S. The Morgan fingerprint density at radius 3 is 2.66 bits per heavy atom. The van der Waals surface area contributed by atoms with E-state index in [-0.39, 0.29) is 16.7 Å². The van der Waals surface area contributed by atoms with Crippen LogP contribution in [0.4, 0.5) is 4.79 Å². The van der Waals surface area contributed by atoms with Crippen LogP contribution in [-0.4, -0.2) is 23.4 Å². The Kier molecular flexibility index (Phi) is 5.13. The maximum Gasteiger partial charge on any atom is 0.290 e. The molecule has 1 unspecified atom stereocenters. The number of thioether (sulfide) groups is 1. The van der Waals surface area contributed by atoms with Crippen molar-refractivity contribution in [3.8, 4) is 11.5 Å². The molecule has 0 spiro atoms. The minimum atomic E-state index is -0.382. The Hall–Kier alpha value is -2.73. The van der Waals surface area contributed by atoms with Crippen molar-refractivity contribution >= 4 is 29.0 Å². The van der Waals surface area contributed by atoms with Crippen LogP contribution >= 0.6 is 11.8 Å². The van der Waals surface area contributed by atoms with Gasteiger partial charge in [0, 0.05) is 0 Å². The summed E-state index contributed by atoms with van der Waals surface area (Å²) in [6.07, 6.45) is 3.57. The number of nitrogens with one attached hydrogen (secondary N) is 1. The molecule has 4 rings (SSSR count). The van der Waals surface area contributed by atoms with Crippen LogP contribution in [0.3, 0.4) is 0 Å². The Morgan fingerprint density at radius 2 is 1.97 bits per heavy atom. The molecule has 150 valence electrons. The maximum absolute atomic E-state index is 11.6. The van der Waals surface area contributed by atoms with E-state index >= 15 is 0 Å². The summed E-state index contributed by atoms with van der Waals surface area (Å²) in [5, 5.41) is 1.91.